The molecular formula is C21H25NOS2. The molecule has 3 rings (SSSR count). The van der Waals surface area contributed by atoms with E-state index in [1.54, 1.807) is 22.7 Å². The summed E-state index contributed by atoms with van der Waals surface area (Å²) in [4.78, 5) is 6.54. The third-order valence-corrected chi connectivity index (χ3v) is 6.77. The van der Waals surface area contributed by atoms with Gasteiger partial charge in [0.1, 0.15) is 9.88 Å². The molecule has 0 fully saturated rings. The van der Waals surface area contributed by atoms with Crippen molar-refractivity contribution in [3.8, 4) is 15.6 Å². The lowest BCUT2D eigenvalue weighted by atomic mass is 9.94. The maximum atomic E-state index is 10.4. The minimum atomic E-state index is 0.167. The van der Waals surface area contributed by atoms with Gasteiger partial charge in [-0.3, -0.25) is 0 Å². The summed E-state index contributed by atoms with van der Waals surface area (Å²) < 4.78 is 0. The second-order valence-corrected chi connectivity index (χ2v) is 8.88. The first kappa shape index (κ1) is 18.2. The van der Waals surface area contributed by atoms with E-state index in [1.165, 1.54) is 16.7 Å². The molecule has 0 aliphatic carbocycles. The summed E-state index contributed by atoms with van der Waals surface area (Å²) >= 11 is 3.29. The van der Waals surface area contributed by atoms with E-state index in [0.717, 1.165) is 27.6 Å². The summed E-state index contributed by atoms with van der Waals surface area (Å²) in [5.41, 5.74) is 3.85. The van der Waals surface area contributed by atoms with Crippen molar-refractivity contribution >= 4 is 22.7 Å². The number of aromatic hydroxyl groups is 1. The maximum absolute atomic E-state index is 10.4. The number of hydrogen-bond acceptors (Lipinski definition) is 4. The summed E-state index contributed by atoms with van der Waals surface area (Å²) in [5, 5.41) is 13.4. The third kappa shape index (κ3) is 3.96. The van der Waals surface area contributed by atoms with Crippen LogP contribution in [0.3, 0.4) is 0 Å². The Morgan fingerprint density at radius 3 is 2.36 bits per heavy atom. The van der Waals surface area contributed by atoms with Crippen LogP contribution in [0.2, 0.25) is 0 Å². The fourth-order valence-corrected chi connectivity index (χ4v) is 5.45. The van der Waals surface area contributed by atoms with Gasteiger partial charge in [0.05, 0.1) is 4.88 Å². The van der Waals surface area contributed by atoms with E-state index in [9.17, 15) is 5.11 Å². The molecule has 1 atom stereocenters. The fourth-order valence-electron chi connectivity index (χ4n) is 3.14. The molecule has 132 valence electrons. The number of aryl methyl sites for hydroxylation is 1. The Bertz CT molecular complexity index is 830. The number of thiophene rings is 1. The number of rotatable bonds is 6. The molecule has 25 heavy (non-hydrogen) atoms. The standard InChI is InChI=1S/C21H25NOS2/c1-5-17(16-8-6-15(7-9-16)12-13(2)3)21-22-20(23)19(25-21)18-14(4)10-11-24-18/h6-11,13,17,23H,5,12H2,1-4H3. The number of thiazole rings is 1. The molecule has 4 heteroatoms. The van der Waals surface area contributed by atoms with Crippen LogP contribution in [0, 0.1) is 12.8 Å². The fraction of sp³-hybridized carbons (Fsp3) is 0.381. The van der Waals surface area contributed by atoms with E-state index < -0.39 is 0 Å². The van der Waals surface area contributed by atoms with Crippen molar-refractivity contribution in [3.05, 3.63) is 57.4 Å². The molecule has 1 unspecified atom stereocenters. The zero-order chi connectivity index (χ0) is 18.0. The summed E-state index contributed by atoms with van der Waals surface area (Å²) in [6.45, 7) is 8.75. The van der Waals surface area contributed by atoms with Crippen molar-refractivity contribution in [2.75, 3.05) is 0 Å². The smallest absolute Gasteiger partial charge is 0.231 e. The highest BCUT2D eigenvalue weighted by atomic mass is 32.1. The Morgan fingerprint density at radius 2 is 1.80 bits per heavy atom. The van der Waals surface area contributed by atoms with Gasteiger partial charge in [-0.05, 0) is 53.8 Å². The van der Waals surface area contributed by atoms with Crippen LogP contribution in [0.25, 0.3) is 9.75 Å². The van der Waals surface area contributed by atoms with Crippen LogP contribution in [0.4, 0.5) is 0 Å². The molecule has 0 saturated carbocycles. The van der Waals surface area contributed by atoms with E-state index >= 15 is 0 Å². The lowest BCUT2D eigenvalue weighted by Gasteiger charge is -2.13. The Labute approximate surface area is 158 Å². The SMILES string of the molecule is CCC(c1ccc(CC(C)C)cc1)c1nc(O)c(-c2sccc2C)s1. The Hall–Kier alpha value is -1.65. The minimum Gasteiger partial charge on any atom is -0.492 e. The van der Waals surface area contributed by atoms with Crippen LogP contribution in [0.5, 0.6) is 5.88 Å². The van der Waals surface area contributed by atoms with Gasteiger partial charge in [-0.25, -0.2) is 4.98 Å². The highest BCUT2D eigenvalue weighted by Crippen LogP contribution is 2.43. The van der Waals surface area contributed by atoms with E-state index in [1.807, 2.05) is 0 Å². The Balaban J connectivity index is 1.90. The van der Waals surface area contributed by atoms with Crippen LogP contribution < -0.4 is 0 Å². The van der Waals surface area contributed by atoms with Crippen molar-refractivity contribution in [3.63, 3.8) is 0 Å². The van der Waals surface area contributed by atoms with Gasteiger partial charge in [-0.15, -0.1) is 22.7 Å². The predicted molar refractivity (Wildman–Crippen MR) is 109 cm³/mol. The monoisotopic (exact) mass is 371 g/mol. The van der Waals surface area contributed by atoms with Gasteiger partial charge in [0.2, 0.25) is 5.88 Å². The summed E-state index contributed by atoms with van der Waals surface area (Å²) in [5.74, 6) is 1.07. The quantitative estimate of drug-likeness (QED) is 0.528. The Morgan fingerprint density at radius 1 is 1.08 bits per heavy atom. The third-order valence-electron chi connectivity index (χ3n) is 4.43. The lowest BCUT2D eigenvalue weighted by Crippen LogP contribution is -2.00. The molecule has 0 spiro atoms. The number of hydrogen-bond donors (Lipinski definition) is 1. The molecule has 0 aliphatic rings. The summed E-state index contributed by atoms with van der Waals surface area (Å²) in [7, 11) is 0. The predicted octanol–water partition coefficient (Wildman–Crippen LogP) is 6.63. The number of aromatic nitrogens is 1. The molecule has 0 aliphatic heterocycles. The Kier molecular flexibility index (Phi) is 5.60. The van der Waals surface area contributed by atoms with Gasteiger partial charge < -0.3 is 5.11 Å². The van der Waals surface area contributed by atoms with Crippen LogP contribution in [-0.2, 0) is 6.42 Å². The molecule has 1 N–H and O–H groups in total. The first-order valence-electron chi connectivity index (χ1n) is 8.82. The second kappa shape index (κ2) is 7.71. The average Bonchev–Trinajstić information content (AvgIpc) is 3.15. The zero-order valence-electron chi connectivity index (χ0n) is 15.2. The van der Waals surface area contributed by atoms with Crippen molar-refractivity contribution in [1.29, 1.82) is 0 Å². The maximum Gasteiger partial charge on any atom is 0.231 e. The zero-order valence-corrected chi connectivity index (χ0v) is 16.9. The van der Waals surface area contributed by atoms with E-state index in [2.05, 4.69) is 68.4 Å². The molecule has 0 radical (unpaired) electrons. The van der Waals surface area contributed by atoms with Gasteiger partial charge >= 0.3 is 0 Å². The topological polar surface area (TPSA) is 33.1 Å². The average molecular weight is 372 g/mol. The largest absolute Gasteiger partial charge is 0.492 e. The first-order valence-corrected chi connectivity index (χ1v) is 10.5. The summed E-state index contributed by atoms with van der Waals surface area (Å²) in [6, 6.07) is 11.0. The van der Waals surface area contributed by atoms with Crippen molar-refractivity contribution in [1.82, 2.24) is 4.98 Å². The van der Waals surface area contributed by atoms with Crippen LogP contribution in [-0.4, -0.2) is 10.1 Å². The molecule has 3 aromatic rings. The molecule has 0 amide bonds. The minimum absolute atomic E-state index is 0.167. The van der Waals surface area contributed by atoms with Crippen molar-refractivity contribution in [2.24, 2.45) is 5.92 Å². The molecule has 2 heterocycles. The van der Waals surface area contributed by atoms with Gasteiger partial charge in [-0.2, -0.15) is 0 Å². The molecule has 0 saturated heterocycles. The van der Waals surface area contributed by atoms with Gasteiger partial charge in [0, 0.05) is 5.92 Å². The number of nitrogens with zero attached hydrogens (tertiary/aromatic N) is 1. The highest BCUT2D eigenvalue weighted by Gasteiger charge is 2.21. The van der Waals surface area contributed by atoms with E-state index in [-0.39, 0.29) is 11.8 Å². The first-order chi connectivity index (χ1) is 12.0. The van der Waals surface area contributed by atoms with Gasteiger partial charge in [0.25, 0.3) is 0 Å². The van der Waals surface area contributed by atoms with Gasteiger partial charge in [-0.1, -0.05) is 45.0 Å². The van der Waals surface area contributed by atoms with E-state index in [4.69, 9.17) is 0 Å². The highest BCUT2D eigenvalue weighted by molar-refractivity contribution is 7.21. The normalized spacial score (nSPS) is 12.7. The molecule has 0 bridgehead atoms. The molecular weight excluding hydrogens is 346 g/mol. The summed E-state index contributed by atoms with van der Waals surface area (Å²) in [6.07, 6.45) is 2.08. The van der Waals surface area contributed by atoms with Crippen molar-refractivity contribution < 1.29 is 5.11 Å². The van der Waals surface area contributed by atoms with Gasteiger partial charge in [0.15, 0.2) is 0 Å². The number of benzene rings is 1. The van der Waals surface area contributed by atoms with Crippen LogP contribution in [0.1, 0.15) is 54.8 Å². The molecule has 2 nitrogen and oxygen atoms in total. The second-order valence-electron chi connectivity index (χ2n) is 6.94. The van der Waals surface area contributed by atoms with Crippen LogP contribution >= 0.6 is 22.7 Å². The van der Waals surface area contributed by atoms with Crippen molar-refractivity contribution in [2.45, 2.75) is 46.5 Å². The molecule has 2 aromatic heterocycles. The van der Waals surface area contributed by atoms with Crippen LogP contribution in [0.15, 0.2) is 35.7 Å². The lowest BCUT2D eigenvalue weighted by molar-refractivity contribution is 0.456. The molecule has 1 aromatic carbocycles. The van der Waals surface area contributed by atoms with E-state index in [0.29, 0.717) is 5.92 Å².